The average molecular weight is 387 g/mol. The van der Waals surface area contributed by atoms with Crippen LogP contribution in [0.2, 0.25) is 0 Å². The Labute approximate surface area is 161 Å². The summed E-state index contributed by atoms with van der Waals surface area (Å²) in [4.78, 5) is 36.7. The molecule has 0 aliphatic carbocycles. The Morgan fingerprint density at radius 3 is 2.38 bits per heavy atom. The van der Waals surface area contributed by atoms with Gasteiger partial charge in [0, 0.05) is 30.9 Å². The lowest BCUT2D eigenvalue weighted by Crippen LogP contribution is -2.38. The van der Waals surface area contributed by atoms with Crippen LogP contribution in [0.5, 0.6) is 0 Å². The summed E-state index contributed by atoms with van der Waals surface area (Å²) in [6.07, 6.45) is 1.04. The molecule has 0 saturated heterocycles. The fourth-order valence-electron chi connectivity index (χ4n) is 2.63. The van der Waals surface area contributed by atoms with Crippen molar-refractivity contribution in [3.63, 3.8) is 0 Å². The highest BCUT2D eigenvalue weighted by Crippen LogP contribution is 2.11. The van der Waals surface area contributed by atoms with Gasteiger partial charge in [-0.1, -0.05) is 6.92 Å². The normalized spacial score (nSPS) is 10.4. The summed E-state index contributed by atoms with van der Waals surface area (Å²) in [5, 5.41) is 8.82. The van der Waals surface area contributed by atoms with Gasteiger partial charge >= 0.3 is 0 Å². The summed E-state index contributed by atoms with van der Waals surface area (Å²) in [5.74, 6) is -0.481. The molecule has 0 aromatic carbocycles. The zero-order chi connectivity index (χ0) is 19.0. The van der Waals surface area contributed by atoms with Crippen molar-refractivity contribution in [2.75, 3.05) is 19.6 Å². The smallest absolute Gasteiger partial charge is 0.253 e. The van der Waals surface area contributed by atoms with Gasteiger partial charge in [0.2, 0.25) is 5.91 Å². The summed E-state index contributed by atoms with van der Waals surface area (Å²) >= 11 is 0. The number of amides is 2. The molecule has 1 aromatic rings. The molecule has 0 saturated carbocycles. The minimum Gasteiger partial charge on any atom is -0.352 e. The van der Waals surface area contributed by atoms with Gasteiger partial charge in [0.1, 0.15) is 6.54 Å². The number of carbonyl (C=O) groups is 2. The minimum atomic E-state index is -0.282. The van der Waals surface area contributed by atoms with E-state index in [1.54, 1.807) is 13.8 Å². The second kappa shape index (κ2) is 11.7. The van der Waals surface area contributed by atoms with Crippen molar-refractivity contribution in [1.82, 2.24) is 20.5 Å². The molecule has 0 unspecified atom stereocenters. The Balaban J connectivity index is 0.00000625. The molecule has 3 N–H and O–H groups in total. The number of nitrogens with zero attached hydrogens (tertiary/aromatic N) is 1. The molecular formula is C18H31ClN4O3. The largest absolute Gasteiger partial charge is 0.352 e. The Morgan fingerprint density at radius 2 is 1.81 bits per heavy atom. The van der Waals surface area contributed by atoms with Crippen molar-refractivity contribution >= 4 is 24.2 Å². The number of hydrogen-bond donors (Lipinski definition) is 3. The topological polar surface area (TPSA) is 92.2 Å². The minimum absolute atomic E-state index is 0. The van der Waals surface area contributed by atoms with E-state index in [-0.39, 0.29) is 42.4 Å². The Kier molecular flexibility index (Phi) is 10.9. The van der Waals surface area contributed by atoms with Crippen molar-refractivity contribution in [2.45, 2.75) is 53.6 Å². The summed E-state index contributed by atoms with van der Waals surface area (Å²) < 4.78 is 1.34. The Bertz CT molecular complexity index is 671. The van der Waals surface area contributed by atoms with E-state index in [9.17, 15) is 14.4 Å². The van der Waals surface area contributed by atoms with E-state index in [0.717, 1.165) is 13.0 Å². The highest BCUT2D eigenvalue weighted by atomic mass is 35.5. The first-order valence-corrected chi connectivity index (χ1v) is 8.77. The zero-order valence-electron chi connectivity index (χ0n) is 16.3. The molecule has 0 bridgehead atoms. The van der Waals surface area contributed by atoms with Crippen LogP contribution in [0.4, 0.5) is 0 Å². The second-order valence-corrected chi connectivity index (χ2v) is 6.44. The molecule has 26 heavy (non-hydrogen) atoms. The van der Waals surface area contributed by atoms with Gasteiger partial charge in [-0.25, -0.2) is 0 Å². The van der Waals surface area contributed by atoms with Crippen LogP contribution >= 0.6 is 12.4 Å². The highest BCUT2D eigenvalue weighted by Gasteiger charge is 2.18. The van der Waals surface area contributed by atoms with Crippen LogP contribution in [0, 0.1) is 13.8 Å². The van der Waals surface area contributed by atoms with Crippen molar-refractivity contribution in [3.05, 3.63) is 33.2 Å². The van der Waals surface area contributed by atoms with Gasteiger partial charge in [0.25, 0.3) is 11.5 Å². The number of hydrogen-bond acceptors (Lipinski definition) is 4. The van der Waals surface area contributed by atoms with Crippen molar-refractivity contribution in [2.24, 2.45) is 0 Å². The molecular weight excluding hydrogens is 356 g/mol. The molecule has 0 spiro atoms. The van der Waals surface area contributed by atoms with Crippen LogP contribution in [0.25, 0.3) is 0 Å². The number of halogens is 1. The molecule has 8 heteroatoms. The maximum atomic E-state index is 12.5. The third kappa shape index (κ3) is 7.17. The van der Waals surface area contributed by atoms with Crippen LogP contribution in [0.1, 0.15) is 48.8 Å². The summed E-state index contributed by atoms with van der Waals surface area (Å²) in [5.41, 5.74) is 1.28. The fourth-order valence-corrected chi connectivity index (χ4v) is 2.63. The van der Waals surface area contributed by atoms with Crippen molar-refractivity contribution < 1.29 is 9.59 Å². The molecule has 7 nitrogen and oxygen atoms in total. The SMILES string of the molecule is CCCNCCNC(=O)c1c(C)cc(=O)n(CC(=O)NC(C)C)c1C.Cl. The van der Waals surface area contributed by atoms with Crippen LogP contribution < -0.4 is 21.5 Å². The standard InChI is InChI=1S/C18H30N4O3.ClH/c1-6-7-19-8-9-20-18(25)17-13(4)10-16(24)22(14(17)5)11-15(23)21-12(2)3;/h10,12,19H,6-9,11H2,1-5H3,(H,20,25)(H,21,23);1H. The van der Waals surface area contributed by atoms with Crippen molar-refractivity contribution in [3.8, 4) is 0 Å². The molecule has 1 aromatic heterocycles. The third-order valence-corrected chi connectivity index (χ3v) is 3.76. The number of aromatic nitrogens is 1. The average Bonchev–Trinajstić information content (AvgIpc) is 2.50. The lowest BCUT2D eigenvalue weighted by molar-refractivity contribution is -0.122. The number of carbonyl (C=O) groups excluding carboxylic acids is 2. The van der Waals surface area contributed by atoms with Crippen LogP contribution in [0.3, 0.4) is 0 Å². The first-order chi connectivity index (χ1) is 11.8. The van der Waals surface area contributed by atoms with Gasteiger partial charge in [0.15, 0.2) is 0 Å². The Morgan fingerprint density at radius 1 is 1.15 bits per heavy atom. The maximum absolute atomic E-state index is 12.5. The van der Waals surface area contributed by atoms with Crippen molar-refractivity contribution in [1.29, 1.82) is 0 Å². The molecule has 0 fully saturated rings. The highest BCUT2D eigenvalue weighted by molar-refractivity contribution is 5.96. The van der Waals surface area contributed by atoms with E-state index >= 15 is 0 Å². The molecule has 148 valence electrons. The molecule has 1 rings (SSSR count). The van der Waals surface area contributed by atoms with E-state index in [0.29, 0.717) is 29.9 Å². The van der Waals surface area contributed by atoms with E-state index in [4.69, 9.17) is 0 Å². The molecule has 2 amide bonds. The first-order valence-electron chi connectivity index (χ1n) is 8.77. The van der Waals surface area contributed by atoms with E-state index < -0.39 is 0 Å². The maximum Gasteiger partial charge on any atom is 0.253 e. The van der Waals surface area contributed by atoms with Crippen LogP contribution in [0.15, 0.2) is 10.9 Å². The number of rotatable bonds is 9. The van der Waals surface area contributed by atoms with Crippen LogP contribution in [-0.4, -0.2) is 42.1 Å². The van der Waals surface area contributed by atoms with Gasteiger partial charge in [-0.3, -0.25) is 14.4 Å². The van der Waals surface area contributed by atoms with E-state index in [1.807, 2.05) is 13.8 Å². The predicted molar refractivity (Wildman–Crippen MR) is 106 cm³/mol. The predicted octanol–water partition coefficient (Wildman–Crippen LogP) is 1.14. The first kappa shape index (κ1) is 24.1. The third-order valence-electron chi connectivity index (χ3n) is 3.76. The van der Waals surface area contributed by atoms with Gasteiger partial charge in [-0.05, 0) is 46.2 Å². The summed E-state index contributed by atoms with van der Waals surface area (Å²) in [7, 11) is 0. The number of nitrogens with one attached hydrogen (secondary N) is 3. The Hall–Kier alpha value is -1.86. The van der Waals surface area contributed by atoms with Gasteiger partial charge in [-0.2, -0.15) is 0 Å². The number of pyridine rings is 1. The fraction of sp³-hybridized carbons (Fsp3) is 0.611. The lowest BCUT2D eigenvalue weighted by Gasteiger charge is -2.17. The molecule has 0 aliphatic heterocycles. The zero-order valence-corrected chi connectivity index (χ0v) is 17.1. The molecule has 1 heterocycles. The molecule has 0 atom stereocenters. The quantitative estimate of drug-likeness (QED) is 0.555. The van der Waals surface area contributed by atoms with Gasteiger partial charge in [0.05, 0.1) is 5.56 Å². The van der Waals surface area contributed by atoms with Crippen LogP contribution in [-0.2, 0) is 11.3 Å². The molecule has 0 radical (unpaired) electrons. The number of aryl methyl sites for hydroxylation is 1. The lowest BCUT2D eigenvalue weighted by atomic mass is 10.1. The summed E-state index contributed by atoms with van der Waals surface area (Å²) in [6.45, 7) is 11.2. The van der Waals surface area contributed by atoms with Gasteiger partial charge < -0.3 is 20.5 Å². The monoisotopic (exact) mass is 386 g/mol. The van der Waals surface area contributed by atoms with E-state index in [1.165, 1.54) is 10.6 Å². The summed E-state index contributed by atoms with van der Waals surface area (Å²) in [6, 6.07) is 1.40. The molecule has 0 aliphatic rings. The van der Waals surface area contributed by atoms with E-state index in [2.05, 4.69) is 22.9 Å². The second-order valence-electron chi connectivity index (χ2n) is 6.44. The van der Waals surface area contributed by atoms with Gasteiger partial charge in [-0.15, -0.1) is 12.4 Å².